The molecular formula is C22H15ClF2N4O2. The van der Waals surface area contributed by atoms with E-state index >= 15 is 0 Å². The molecule has 3 aromatic carbocycles. The lowest BCUT2D eigenvalue weighted by molar-refractivity contribution is 0.215. The minimum absolute atomic E-state index is 0.0758. The number of halogens is 3. The lowest BCUT2D eigenvalue weighted by Crippen LogP contribution is -2.18. The predicted octanol–water partition coefficient (Wildman–Crippen LogP) is 5.66. The number of aromatic nitrogens is 2. The molecule has 31 heavy (non-hydrogen) atoms. The van der Waals surface area contributed by atoms with Crippen LogP contribution in [0.25, 0.3) is 16.9 Å². The molecule has 0 saturated heterocycles. The summed E-state index contributed by atoms with van der Waals surface area (Å²) in [6, 6.07) is 17.9. The average Bonchev–Trinajstić information content (AvgIpc) is 3.07. The highest BCUT2D eigenvalue weighted by molar-refractivity contribution is 6.30. The molecule has 3 N–H and O–H groups in total. The van der Waals surface area contributed by atoms with Gasteiger partial charge in [-0.2, -0.15) is 5.10 Å². The van der Waals surface area contributed by atoms with Crippen molar-refractivity contribution >= 4 is 29.2 Å². The first kappa shape index (κ1) is 20.4. The Hall–Kier alpha value is -3.91. The van der Waals surface area contributed by atoms with E-state index in [1.807, 2.05) is 0 Å². The number of ether oxygens (including phenoxy) is 1. The van der Waals surface area contributed by atoms with Crippen LogP contribution in [0.3, 0.4) is 0 Å². The molecule has 0 aliphatic carbocycles. The molecule has 9 heteroatoms. The summed E-state index contributed by atoms with van der Waals surface area (Å²) >= 11 is 5.95. The van der Waals surface area contributed by atoms with Gasteiger partial charge >= 0.3 is 6.09 Å². The van der Waals surface area contributed by atoms with Gasteiger partial charge in [0.2, 0.25) is 0 Å². The molecule has 0 aliphatic heterocycles. The van der Waals surface area contributed by atoms with Gasteiger partial charge < -0.3 is 10.5 Å². The normalized spacial score (nSPS) is 10.7. The van der Waals surface area contributed by atoms with Crippen LogP contribution in [0.2, 0.25) is 5.02 Å². The lowest BCUT2D eigenvalue weighted by atomic mass is 10.1. The van der Waals surface area contributed by atoms with Crippen molar-refractivity contribution in [2.24, 2.45) is 0 Å². The third-order valence-corrected chi connectivity index (χ3v) is 4.61. The molecule has 4 aromatic rings. The SMILES string of the molecule is Nc1c(NC(=O)Oc2ccccc2)c(-c2ccc(Cl)cc2)nn1-c1cc(F)ccc1F. The summed E-state index contributed by atoms with van der Waals surface area (Å²) in [7, 11) is 0. The highest BCUT2D eigenvalue weighted by Crippen LogP contribution is 2.35. The van der Waals surface area contributed by atoms with Crippen LogP contribution in [0.1, 0.15) is 0 Å². The maximum Gasteiger partial charge on any atom is 0.417 e. The fraction of sp³-hybridized carbons (Fsp3) is 0. The molecule has 1 amide bonds. The zero-order chi connectivity index (χ0) is 22.0. The van der Waals surface area contributed by atoms with E-state index < -0.39 is 17.7 Å². The highest BCUT2D eigenvalue weighted by atomic mass is 35.5. The second-order valence-corrected chi connectivity index (χ2v) is 6.89. The van der Waals surface area contributed by atoms with Gasteiger partial charge in [-0.25, -0.2) is 18.3 Å². The molecule has 1 aromatic heterocycles. The number of anilines is 2. The van der Waals surface area contributed by atoms with E-state index in [0.29, 0.717) is 16.3 Å². The Morgan fingerprint density at radius 1 is 1.03 bits per heavy atom. The molecule has 0 bridgehead atoms. The minimum Gasteiger partial charge on any atom is -0.410 e. The number of nitrogens with zero attached hydrogens (tertiary/aromatic N) is 2. The number of nitrogens with two attached hydrogens (primary N) is 1. The summed E-state index contributed by atoms with van der Waals surface area (Å²) in [4.78, 5) is 12.5. The van der Waals surface area contributed by atoms with E-state index in [1.165, 1.54) is 0 Å². The van der Waals surface area contributed by atoms with Crippen molar-refractivity contribution in [3.05, 3.63) is 89.5 Å². The van der Waals surface area contributed by atoms with Crippen LogP contribution in [0.4, 0.5) is 25.1 Å². The molecule has 1 heterocycles. The molecular weight excluding hydrogens is 426 g/mol. The number of nitrogen functional groups attached to an aromatic ring is 1. The first-order valence-corrected chi connectivity index (χ1v) is 9.44. The van der Waals surface area contributed by atoms with Gasteiger partial charge in [0.05, 0.1) is 0 Å². The van der Waals surface area contributed by atoms with Crippen molar-refractivity contribution in [2.75, 3.05) is 11.1 Å². The van der Waals surface area contributed by atoms with Crippen LogP contribution < -0.4 is 15.8 Å². The summed E-state index contributed by atoms with van der Waals surface area (Å²) < 4.78 is 34.4. The van der Waals surface area contributed by atoms with Gasteiger partial charge in [-0.3, -0.25) is 5.32 Å². The average molecular weight is 441 g/mol. The maximum atomic E-state index is 14.4. The summed E-state index contributed by atoms with van der Waals surface area (Å²) in [6.45, 7) is 0. The van der Waals surface area contributed by atoms with Gasteiger partial charge in [0.25, 0.3) is 0 Å². The Bertz CT molecular complexity index is 1240. The number of nitrogens with one attached hydrogen (secondary N) is 1. The number of hydrogen-bond acceptors (Lipinski definition) is 4. The summed E-state index contributed by atoms with van der Waals surface area (Å²) in [6.07, 6.45) is -0.827. The van der Waals surface area contributed by atoms with Gasteiger partial charge in [0.15, 0.2) is 5.82 Å². The predicted molar refractivity (Wildman–Crippen MR) is 114 cm³/mol. The van der Waals surface area contributed by atoms with E-state index in [-0.39, 0.29) is 22.9 Å². The molecule has 0 radical (unpaired) electrons. The first-order chi connectivity index (χ1) is 14.9. The fourth-order valence-corrected chi connectivity index (χ4v) is 3.05. The Morgan fingerprint density at radius 3 is 2.45 bits per heavy atom. The Kier molecular flexibility index (Phi) is 5.55. The smallest absolute Gasteiger partial charge is 0.410 e. The number of para-hydroxylation sites is 1. The van der Waals surface area contributed by atoms with Crippen LogP contribution in [-0.4, -0.2) is 15.9 Å². The monoisotopic (exact) mass is 440 g/mol. The molecule has 0 saturated carbocycles. The van der Waals surface area contributed by atoms with Crippen molar-refractivity contribution < 1.29 is 18.3 Å². The third-order valence-electron chi connectivity index (χ3n) is 4.36. The van der Waals surface area contributed by atoms with Crippen molar-refractivity contribution in [3.63, 3.8) is 0 Å². The lowest BCUT2D eigenvalue weighted by Gasteiger charge is -2.08. The molecule has 0 unspecified atom stereocenters. The Labute approximate surface area is 180 Å². The van der Waals surface area contributed by atoms with Crippen LogP contribution in [0, 0.1) is 11.6 Å². The van der Waals surface area contributed by atoms with Gasteiger partial charge in [-0.15, -0.1) is 0 Å². The van der Waals surface area contributed by atoms with Crippen LogP contribution >= 0.6 is 11.6 Å². The maximum absolute atomic E-state index is 14.4. The van der Waals surface area contributed by atoms with Gasteiger partial charge in [-0.05, 0) is 36.4 Å². The molecule has 0 spiro atoms. The number of carbonyl (C=O) groups excluding carboxylic acids is 1. The van der Waals surface area contributed by atoms with E-state index in [0.717, 1.165) is 22.9 Å². The quantitative estimate of drug-likeness (QED) is 0.428. The second kappa shape index (κ2) is 8.45. The first-order valence-electron chi connectivity index (χ1n) is 9.06. The van der Waals surface area contributed by atoms with E-state index in [2.05, 4.69) is 10.4 Å². The molecule has 0 aliphatic rings. The van der Waals surface area contributed by atoms with Gasteiger partial charge in [0.1, 0.15) is 34.5 Å². The Balaban J connectivity index is 1.78. The Morgan fingerprint density at radius 2 is 1.74 bits per heavy atom. The van der Waals surface area contributed by atoms with E-state index in [4.69, 9.17) is 22.1 Å². The zero-order valence-corrected chi connectivity index (χ0v) is 16.6. The summed E-state index contributed by atoms with van der Waals surface area (Å²) in [5.41, 5.74) is 6.81. The number of carbonyl (C=O) groups is 1. The number of amides is 1. The third kappa shape index (κ3) is 4.34. The van der Waals surface area contributed by atoms with Crippen molar-refractivity contribution in [3.8, 4) is 22.7 Å². The molecule has 156 valence electrons. The van der Waals surface area contributed by atoms with Crippen LogP contribution in [0.5, 0.6) is 5.75 Å². The topological polar surface area (TPSA) is 82.2 Å². The number of hydrogen-bond donors (Lipinski definition) is 2. The zero-order valence-electron chi connectivity index (χ0n) is 15.9. The molecule has 4 rings (SSSR count). The fourth-order valence-electron chi connectivity index (χ4n) is 2.92. The van der Waals surface area contributed by atoms with E-state index in [9.17, 15) is 13.6 Å². The largest absolute Gasteiger partial charge is 0.417 e. The van der Waals surface area contributed by atoms with Crippen LogP contribution in [-0.2, 0) is 0 Å². The summed E-state index contributed by atoms with van der Waals surface area (Å²) in [5, 5.41) is 7.35. The van der Waals surface area contributed by atoms with Gasteiger partial charge in [0, 0.05) is 16.7 Å². The summed E-state index contributed by atoms with van der Waals surface area (Å²) in [5.74, 6) is -1.20. The van der Waals surface area contributed by atoms with E-state index in [1.54, 1.807) is 54.6 Å². The van der Waals surface area contributed by atoms with Crippen molar-refractivity contribution in [1.82, 2.24) is 9.78 Å². The van der Waals surface area contributed by atoms with Crippen molar-refractivity contribution in [2.45, 2.75) is 0 Å². The number of rotatable bonds is 4. The standard InChI is InChI=1S/C22H15ClF2N4O2/c23-14-8-6-13(7-9-14)19-20(27-22(30)31-16-4-2-1-3-5-16)21(26)29(28-19)18-12-15(24)10-11-17(18)25/h1-12H,26H2,(H,27,30). The molecule has 0 fully saturated rings. The minimum atomic E-state index is -0.827. The molecule has 0 atom stereocenters. The highest BCUT2D eigenvalue weighted by Gasteiger charge is 2.22. The number of benzene rings is 3. The second-order valence-electron chi connectivity index (χ2n) is 6.45. The molecule has 6 nitrogen and oxygen atoms in total. The van der Waals surface area contributed by atoms with Crippen molar-refractivity contribution in [1.29, 1.82) is 0 Å². The van der Waals surface area contributed by atoms with Gasteiger partial charge in [-0.1, -0.05) is 41.9 Å². The van der Waals surface area contributed by atoms with Crippen LogP contribution in [0.15, 0.2) is 72.8 Å².